The molecule has 1 unspecified atom stereocenters. The molecule has 1 aromatic carbocycles. The summed E-state index contributed by atoms with van der Waals surface area (Å²) in [5.41, 5.74) is 1.33. The molecule has 7 heteroatoms. The third-order valence-electron chi connectivity index (χ3n) is 3.95. The molecule has 0 saturated carbocycles. The molecule has 136 valence electrons. The van der Waals surface area contributed by atoms with E-state index in [1.165, 1.54) is 0 Å². The number of rotatable bonds is 6. The molecule has 0 aliphatic rings. The molecule has 0 saturated heterocycles. The van der Waals surface area contributed by atoms with Crippen molar-refractivity contribution in [1.82, 2.24) is 5.32 Å². The Bertz CT molecular complexity index is 759. The molecule has 1 atom stereocenters. The number of furan rings is 1. The van der Waals surface area contributed by atoms with E-state index in [2.05, 4.69) is 21.2 Å². The summed E-state index contributed by atoms with van der Waals surface area (Å²) in [4.78, 5) is 12.6. The number of nitrogens with one attached hydrogen (secondary N) is 1. The summed E-state index contributed by atoms with van der Waals surface area (Å²) in [6.07, 6.45) is 0. The fourth-order valence-electron chi connectivity index (χ4n) is 2.62. The first kappa shape index (κ1) is 19.2. The van der Waals surface area contributed by atoms with Crippen LogP contribution in [0.4, 0.5) is 0 Å². The van der Waals surface area contributed by atoms with Gasteiger partial charge in [-0.15, -0.1) is 0 Å². The highest BCUT2D eigenvalue weighted by molar-refractivity contribution is 9.10. The van der Waals surface area contributed by atoms with Gasteiger partial charge in [0.1, 0.15) is 11.5 Å². The summed E-state index contributed by atoms with van der Waals surface area (Å²) >= 11 is 3.40. The van der Waals surface area contributed by atoms with Gasteiger partial charge in [-0.3, -0.25) is 4.79 Å². The number of ether oxygens (including phenoxy) is 3. The van der Waals surface area contributed by atoms with Crippen LogP contribution in [0.25, 0.3) is 0 Å². The molecule has 1 amide bonds. The molecule has 6 nitrogen and oxygen atoms in total. The van der Waals surface area contributed by atoms with E-state index in [1.54, 1.807) is 35.2 Å². The van der Waals surface area contributed by atoms with Crippen LogP contribution in [0.5, 0.6) is 17.2 Å². The van der Waals surface area contributed by atoms with Crippen molar-refractivity contribution in [3.8, 4) is 17.2 Å². The number of hydrogen-bond donors (Lipinski definition) is 1. The minimum Gasteiger partial charge on any atom is -0.493 e. The normalized spacial score (nSPS) is 11.8. The minimum absolute atomic E-state index is 0.220. The zero-order valence-electron chi connectivity index (χ0n) is 15.2. The van der Waals surface area contributed by atoms with Gasteiger partial charge in [-0.25, -0.2) is 0 Å². The summed E-state index contributed by atoms with van der Waals surface area (Å²) in [5, 5.41) is 2.97. The molecule has 1 N–H and O–H groups in total. The van der Waals surface area contributed by atoms with Gasteiger partial charge in [0.15, 0.2) is 11.5 Å². The van der Waals surface area contributed by atoms with Crippen LogP contribution in [0.2, 0.25) is 0 Å². The molecule has 0 radical (unpaired) electrons. The minimum atomic E-state index is -0.275. The smallest absolute Gasteiger partial charge is 0.256 e. The SMILES string of the molecule is COc1cc(C(C)NC(=O)c2c(C)oc(C)c2Br)cc(OC)c1OC. The van der Waals surface area contributed by atoms with Gasteiger partial charge >= 0.3 is 0 Å². The van der Waals surface area contributed by atoms with E-state index in [9.17, 15) is 4.79 Å². The van der Waals surface area contributed by atoms with Gasteiger partial charge in [-0.1, -0.05) is 0 Å². The van der Waals surface area contributed by atoms with Crippen LogP contribution in [0.1, 0.15) is 40.4 Å². The largest absolute Gasteiger partial charge is 0.493 e. The number of halogens is 1. The van der Waals surface area contributed by atoms with Crippen LogP contribution in [0.3, 0.4) is 0 Å². The predicted octanol–water partition coefficient (Wildman–Crippen LogP) is 4.18. The van der Waals surface area contributed by atoms with Gasteiger partial charge < -0.3 is 23.9 Å². The van der Waals surface area contributed by atoms with Crippen molar-refractivity contribution in [3.63, 3.8) is 0 Å². The Hall–Kier alpha value is -2.15. The number of benzene rings is 1. The monoisotopic (exact) mass is 411 g/mol. The lowest BCUT2D eigenvalue weighted by atomic mass is 10.1. The summed E-state index contributed by atoms with van der Waals surface area (Å²) in [5.74, 6) is 2.60. The summed E-state index contributed by atoms with van der Waals surface area (Å²) in [6, 6.07) is 3.35. The summed E-state index contributed by atoms with van der Waals surface area (Å²) < 4.78 is 22.2. The molecule has 0 aliphatic carbocycles. The first-order chi connectivity index (χ1) is 11.8. The lowest BCUT2D eigenvalue weighted by Gasteiger charge is -2.18. The number of carbonyl (C=O) groups excluding carboxylic acids is 1. The average molecular weight is 412 g/mol. The molecule has 0 bridgehead atoms. The van der Waals surface area contributed by atoms with Gasteiger partial charge in [0.05, 0.1) is 37.4 Å². The third kappa shape index (κ3) is 3.76. The topological polar surface area (TPSA) is 69.9 Å². The van der Waals surface area contributed by atoms with Crippen LogP contribution < -0.4 is 19.5 Å². The fourth-order valence-corrected chi connectivity index (χ4v) is 3.16. The third-order valence-corrected chi connectivity index (χ3v) is 4.90. The van der Waals surface area contributed by atoms with Gasteiger partial charge in [0.2, 0.25) is 5.75 Å². The standard InChI is InChI=1S/C18H22BrNO5/c1-9(20-18(21)15-10(2)25-11(3)16(15)19)12-7-13(22-4)17(24-6)14(8-12)23-5/h7-9H,1-6H3,(H,20,21). The number of hydrogen-bond acceptors (Lipinski definition) is 5. The van der Waals surface area contributed by atoms with Crippen molar-refractivity contribution in [1.29, 1.82) is 0 Å². The quantitative estimate of drug-likeness (QED) is 0.771. The predicted molar refractivity (Wildman–Crippen MR) is 97.9 cm³/mol. The second-order valence-corrected chi connectivity index (χ2v) is 6.35. The molecule has 1 heterocycles. The fraction of sp³-hybridized carbons (Fsp3) is 0.389. The molecule has 2 rings (SSSR count). The highest BCUT2D eigenvalue weighted by Gasteiger charge is 2.23. The van der Waals surface area contributed by atoms with E-state index in [-0.39, 0.29) is 11.9 Å². The van der Waals surface area contributed by atoms with E-state index in [4.69, 9.17) is 18.6 Å². The van der Waals surface area contributed by atoms with E-state index >= 15 is 0 Å². The highest BCUT2D eigenvalue weighted by Crippen LogP contribution is 2.39. The zero-order valence-corrected chi connectivity index (χ0v) is 16.7. The molecule has 2 aromatic rings. The maximum Gasteiger partial charge on any atom is 0.256 e. The van der Waals surface area contributed by atoms with Crippen LogP contribution in [0, 0.1) is 13.8 Å². The number of methoxy groups -OCH3 is 3. The Morgan fingerprint density at radius 2 is 1.64 bits per heavy atom. The Morgan fingerprint density at radius 3 is 2.04 bits per heavy atom. The maximum absolute atomic E-state index is 12.6. The van der Waals surface area contributed by atoms with Crippen molar-refractivity contribution < 1.29 is 23.4 Å². The molecular weight excluding hydrogens is 390 g/mol. The molecule has 0 aliphatic heterocycles. The van der Waals surface area contributed by atoms with E-state index in [1.807, 2.05) is 19.1 Å². The second-order valence-electron chi connectivity index (χ2n) is 5.56. The van der Waals surface area contributed by atoms with Gasteiger partial charge in [-0.2, -0.15) is 0 Å². The Morgan fingerprint density at radius 1 is 1.08 bits per heavy atom. The van der Waals surface area contributed by atoms with Crippen molar-refractivity contribution >= 4 is 21.8 Å². The zero-order chi connectivity index (χ0) is 18.7. The maximum atomic E-state index is 12.6. The Balaban J connectivity index is 2.31. The lowest BCUT2D eigenvalue weighted by molar-refractivity contribution is 0.0937. The lowest BCUT2D eigenvalue weighted by Crippen LogP contribution is -2.27. The van der Waals surface area contributed by atoms with E-state index in [0.717, 1.165) is 5.56 Å². The Kier molecular flexibility index (Phi) is 6.00. The van der Waals surface area contributed by atoms with Crippen LogP contribution in [0.15, 0.2) is 21.0 Å². The summed E-state index contributed by atoms with van der Waals surface area (Å²) in [7, 11) is 4.66. The van der Waals surface area contributed by atoms with Crippen molar-refractivity contribution in [2.75, 3.05) is 21.3 Å². The molecule has 0 spiro atoms. The number of amides is 1. The van der Waals surface area contributed by atoms with E-state index < -0.39 is 0 Å². The first-order valence-electron chi connectivity index (χ1n) is 7.70. The van der Waals surface area contributed by atoms with E-state index in [0.29, 0.717) is 38.8 Å². The van der Waals surface area contributed by atoms with Gasteiger partial charge in [0.25, 0.3) is 5.91 Å². The molecule has 0 fully saturated rings. The molecular formula is C18H22BrNO5. The first-order valence-corrected chi connectivity index (χ1v) is 8.49. The molecule has 1 aromatic heterocycles. The van der Waals surface area contributed by atoms with Crippen LogP contribution in [-0.4, -0.2) is 27.2 Å². The van der Waals surface area contributed by atoms with Crippen molar-refractivity contribution in [2.24, 2.45) is 0 Å². The van der Waals surface area contributed by atoms with Crippen LogP contribution in [-0.2, 0) is 0 Å². The Labute approximate surface area is 155 Å². The average Bonchev–Trinajstić information content (AvgIpc) is 2.85. The van der Waals surface area contributed by atoms with Gasteiger partial charge in [0, 0.05) is 0 Å². The van der Waals surface area contributed by atoms with Crippen molar-refractivity contribution in [3.05, 3.63) is 39.3 Å². The van der Waals surface area contributed by atoms with Crippen molar-refractivity contribution in [2.45, 2.75) is 26.8 Å². The second kappa shape index (κ2) is 7.82. The van der Waals surface area contributed by atoms with Crippen LogP contribution >= 0.6 is 15.9 Å². The summed E-state index contributed by atoms with van der Waals surface area (Å²) in [6.45, 7) is 5.45. The van der Waals surface area contributed by atoms with Gasteiger partial charge in [-0.05, 0) is 54.4 Å². The highest BCUT2D eigenvalue weighted by atomic mass is 79.9. The number of carbonyl (C=O) groups is 1. The molecule has 25 heavy (non-hydrogen) atoms. The number of aryl methyl sites for hydroxylation is 2.